The number of hydrogen-bond acceptors (Lipinski definition) is 7. The van der Waals surface area contributed by atoms with E-state index in [1.54, 1.807) is 48.5 Å². The van der Waals surface area contributed by atoms with Gasteiger partial charge in [0.25, 0.3) is 15.9 Å². The van der Waals surface area contributed by atoms with Crippen LogP contribution in [0.3, 0.4) is 0 Å². The summed E-state index contributed by atoms with van der Waals surface area (Å²) in [4.78, 5) is 30.5. The molecule has 31 heavy (non-hydrogen) atoms. The van der Waals surface area contributed by atoms with Gasteiger partial charge in [0.15, 0.2) is 6.61 Å². The summed E-state index contributed by atoms with van der Waals surface area (Å²) in [7, 11) is -3.72. The number of para-hydroxylation sites is 1. The second-order valence-electron chi connectivity index (χ2n) is 6.65. The molecular weight excluding hydrogens is 420 g/mol. The molecule has 160 valence electrons. The first-order valence-corrected chi connectivity index (χ1v) is 10.9. The Bertz CT molecular complexity index is 1160. The molecule has 0 radical (unpaired) electrons. The van der Waals surface area contributed by atoms with Crippen molar-refractivity contribution < 1.29 is 22.7 Å². The number of fused-ring (bicyclic) bond motifs is 1. The van der Waals surface area contributed by atoms with Crippen molar-refractivity contribution in [3.63, 3.8) is 0 Å². The molecule has 10 heteroatoms. The van der Waals surface area contributed by atoms with Gasteiger partial charge in [0.2, 0.25) is 0 Å². The Labute approximate surface area is 180 Å². The maximum atomic E-state index is 12.6. The summed E-state index contributed by atoms with van der Waals surface area (Å²) in [5.41, 5.74) is 0.953. The number of anilines is 1. The van der Waals surface area contributed by atoms with Crippen molar-refractivity contribution in [2.45, 2.75) is 24.3 Å². The number of rotatable bonds is 7. The number of carbonyl (C=O) groups excluding carboxylic acids is 2. The number of carbonyl (C=O) groups is 2. The molecule has 9 nitrogen and oxygen atoms in total. The highest BCUT2D eigenvalue weighted by Crippen LogP contribution is 2.22. The predicted octanol–water partition coefficient (Wildman–Crippen LogP) is 1.60. The van der Waals surface area contributed by atoms with Crippen LogP contribution in [0.2, 0.25) is 0 Å². The summed E-state index contributed by atoms with van der Waals surface area (Å²) in [6.45, 7) is 1.07. The number of amides is 1. The largest absolute Gasteiger partial charge is 0.454 e. The molecule has 0 aliphatic carbocycles. The minimum atomic E-state index is -3.72. The van der Waals surface area contributed by atoms with Crippen LogP contribution in [0.4, 0.5) is 5.69 Å². The molecule has 2 aromatic carbocycles. The Balaban J connectivity index is 1.67. The Kier molecular flexibility index (Phi) is 6.67. The number of esters is 1. The van der Waals surface area contributed by atoms with Gasteiger partial charge < -0.3 is 9.64 Å². The summed E-state index contributed by atoms with van der Waals surface area (Å²) >= 11 is 0. The lowest BCUT2D eigenvalue weighted by Gasteiger charge is -2.21. The number of aliphatic imine (C=N–C) groups is 1. The standard InChI is InChI=1S/C21H20N4O5S/c1-15(23-20-17-10-5-6-11-18(17)31(28,29)24-20)21(27)30-14-19(26)25(13-7-12-22)16-8-3-2-4-9-16/h2-6,8-11,15H,7,13-14H2,1H3,(H,23,24). The molecule has 1 aliphatic rings. The molecule has 1 atom stereocenters. The normalized spacial score (nSPS) is 15.9. The molecule has 1 aliphatic heterocycles. The fourth-order valence-electron chi connectivity index (χ4n) is 2.98. The van der Waals surface area contributed by atoms with Gasteiger partial charge in [-0.25, -0.2) is 13.2 Å². The molecule has 1 amide bonds. The van der Waals surface area contributed by atoms with E-state index in [1.807, 2.05) is 6.07 Å². The number of ether oxygens (including phenoxy) is 1. The number of hydrogen-bond donors (Lipinski definition) is 1. The Morgan fingerprint density at radius 3 is 2.55 bits per heavy atom. The zero-order valence-electron chi connectivity index (χ0n) is 16.7. The van der Waals surface area contributed by atoms with Gasteiger partial charge in [0.1, 0.15) is 11.9 Å². The third-order valence-electron chi connectivity index (χ3n) is 4.48. The quantitative estimate of drug-likeness (QED) is 0.651. The average Bonchev–Trinajstić information content (AvgIpc) is 3.03. The molecular formula is C21H20N4O5S. The van der Waals surface area contributed by atoms with Crippen molar-refractivity contribution in [1.82, 2.24) is 4.72 Å². The van der Waals surface area contributed by atoms with Gasteiger partial charge in [0, 0.05) is 17.8 Å². The lowest BCUT2D eigenvalue weighted by molar-refractivity contribution is -0.148. The highest BCUT2D eigenvalue weighted by molar-refractivity contribution is 7.90. The van der Waals surface area contributed by atoms with E-state index >= 15 is 0 Å². The zero-order valence-corrected chi connectivity index (χ0v) is 17.5. The lowest BCUT2D eigenvalue weighted by atomic mass is 10.2. The third-order valence-corrected chi connectivity index (χ3v) is 5.88. The number of sulfonamides is 1. The Hall–Kier alpha value is -3.71. The SMILES string of the molecule is CC(N=C1NS(=O)(=O)c2ccccc21)C(=O)OCC(=O)N(CCC#N)c1ccccc1. The first-order chi connectivity index (χ1) is 14.8. The third kappa shape index (κ3) is 5.07. The lowest BCUT2D eigenvalue weighted by Crippen LogP contribution is -2.36. The average molecular weight is 440 g/mol. The molecule has 0 saturated heterocycles. The smallest absolute Gasteiger partial charge is 0.331 e. The van der Waals surface area contributed by atoms with Gasteiger partial charge in [-0.3, -0.25) is 14.5 Å². The van der Waals surface area contributed by atoms with Crippen molar-refractivity contribution >= 4 is 33.4 Å². The van der Waals surface area contributed by atoms with Crippen LogP contribution >= 0.6 is 0 Å². The van der Waals surface area contributed by atoms with Gasteiger partial charge >= 0.3 is 5.97 Å². The Morgan fingerprint density at radius 2 is 1.84 bits per heavy atom. The van der Waals surface area contributed by atoms with Crippen molar-refractivity contribution in [3.8, 4) is 6.07 Å². The molecule has 0 fully saturated rings. The highest BCUT2D eigenvalue weighted by Gasteiger charge is 2.31. The minimum absolute atomic E-state index is 0.0475. The van der Waals surface area contributed by atoms with Crippen LogP contribution in [0.5, 0.6) is 0 Å². The van der Waals surface area contributed by atoms with Gasteiger partial charge in [0.05, 0.1) is 17.4 Å². The number of nitrogens with zero attached hydrogens (tertiary/aromatic N) is 3. The molecule has 0 bridgehead atoms. The summed E-state index contributed by atoms with van der Waals surface area (Å²) in [5.74, 6) is -1.22. The van der Waals surface area contributed by atoms with Gasteiger partial charge in [-0.1, -0.05) is 30.3 Å². The van der Waals surface area contributed by atoms with E-state index in [2.05, 4.69) is 9.71 Å². The predicted molar refractivity (Wildman–Crippen MR) is 113 cm³/mol. The van der Waals surface area contributed by atoms with E-state index in [0.717, 1.165) is 0 Å². The molecule has 1 unspecified atom stereocenters. The van der Waals surface area contributed by atoms with Crippen molar-refractivity contribution in [3.05, 3.63) is 60.2 Å². The van der Waals surface area contributed by atoms with Crippen molar-refractivity contribution in [1.29, 1.82) is 5.26 Å². The Morgan fingerprint density at radius 1 is 1.16 bits per heavy atom. The highest BCUT2D eigenvalue weighted by atomic mass is 32.2. The van der Waals surface area contributed by atoms with Crippen LogP contribution < -0.4 is 9.62 Å². The first kappa shape index (κ1) is 22.0. The zero-order chi connectivity index (χ0) is 22.4. The van der Waals surface area contributed by atoms with Crippen LogP contribution in [0.1, 0.15) is 18.9 Å². The van der Waals surface area contributed by atoms with E-state index in [4.69, 9.17) is 10.00 Å². The summed E-state index contributed by atoms with van der Waals surface area (Å²) < 4.78 is 31.7. The van der Waals surface area contributed by atoms with E-state index in [-0.39, 0.29) is 23.7 Å². The van der Waals surface area contributed by atoms with Crippen LogP contribution in [0.25, 0.3) is 0 Å². The molecule has 1 heterocycles. The van der Waals surface area contributed by atoms with E-state index in [9.17, 15) is 18.0 Å². The van der Waals surface area contributed by atoms with Gasteiger partial charge in [-0.15, -0.1) is 0 Å². The molecule has 3 rings (SSSR count). The fraction of sp³-hybridized carbons (Fsp3) is 0.238. The fourth-order valence-corrected chi connectivity index (χ4v) is 4.21. The summed E-state index contributed by atoms with van der Waals surface area (Å²) in [6.07, 6.45) is 0.123. The second kappa shape index (κ2) is 9.40. The van der Waals surface area contributed by atoms with E-state index in [1.165, 1.54) is 17.9 Å². The molecule has 0 spiro atoms. The van der Waals surface area contributed by atoms with Crippen molar-refractivity contribution in [2.24, 2.45) is 4.99 Å². The number of amidine groups is 1. The summed E-state index contributed by atoms with van der Waals surface area (Å²) in [5, 5.41) is 8.84. The van der Waals surface area contributed by atoms with Gasteiger partial charge in [-0.2, -0.15) is 5.26 Å². The molecule has 1 N–H and O–H groups in total. The van der Waals surface area contributed by atoms with E-state index in [0.29, 0.717) is 11.3 Å². The second-order valence-corrected chi connectivity index (χ2v) is 8.30. The minimum Gasteiger partial charge on any atom is -0.454 e. The van der Waals surface area contributed by atoms with Crippen LogP contribution in [-0.2, 0) is 24.3 Å². The summed E-state index contributed by atoms with van der Waals surface area (Å²) in [6, 6.07) is 16.0. The van der Waals surface area contributed by atoms with Crippen molar-refractivity contribution in [2.75, 3.05) is 18.1 Å². The topological polar surface area (TPSA) is 129 Å². The van der Waals surface area contributed by atoms with Crippen LogP contribution in [-0.4, -0.2) is 45.3 Å². The number of nitriles is 1. The molecule has 0 aromatic heterocycles. The van der Waals surface area contributed by atoms with Crippen LogP contribution in [0.15, 0.2) is 64.5 Å². The van der Waals surface area contributed by atoms with E-state index < -0.39 is 34.5 Å². The maximum absolute atomic E-state index is 12.6. The van der Waals surface area contributed by atoms with Gasteiger partial charge in [-0.05, 0) is 31.2 Å². The monoisotopic (exact) mass is 440 g/mol. The first-order valence-electron chi connectivity index (χ1n) is 9.42. The number of benzene rings is 2. The molecule has 2 aromatic rings. The number of nitrogens with one attached hydrogen (secondary N) is 1. The molecule has 0 saturated carbocycles. The maximum Gasteiger partial charge on any atom is 0.331 e. The van der Waals surface area contributed by atoms with Crippen LogP contribution in [0, 0.1) is 11.3 Å².